The van der Waals surface area contributed by atoms with Crippen molar-refractivity contribution in [2.45, 2.75) is 0 Å². The summed E-state index contributed by atoms with van der Waals surface area (Å²) in [6, 6.07) is 7.86. The van der Waals surface area contributed by atoms with Gasteiger partial charge < -0.3 is 20.9 Å². The summed E-state index contributed by atoms with van der Waals surface area (Å²) in [6.07, 6.45) is 0. The molecule has 0 aliphatic carbocycles. The predicted octanol–water partition coefficient (Wildman–Crippen LogP) is 2.37. The third kappa shape index (κ3) is 2.80. The fourth-order valence-corrected chi connectivity index (χ4v) is 1.66. The SMILES string of the molecule is COc1ccc(O)c(NC(=O)c2cc(F)ccc2N)c1. The van der Waals surface area contributed by atoms with Gasteiger partial charge in [-0.1, -0.05) is 0 Å². The van der Waals surface area contributed by atoms with Crippen molar-refractivity contribution in [3.63, 3.8) is 0 Å². The molecule has 0 unspecified atom stereocenters. The number of benzene rings is 2. The van der Waals surface area contributed by atoms with Crippen LogP contribution in [0.5, 0.6) is 11.5 Å². The number of halogens is 1. The van der Waals surface area contributed by atoms with Gasteiger partial charge in [-0.3, -0.25) is 4.79 Å². The van der Waals surface area contributed by atoms with Crippen molar-refractivity contribution in [3.05, 3.63) is 47.8 Å². The van der Waals surface area contributed by atoms with Gasteiger partial charge in [0.2, 0.25) is 0 Å². The first kappa shape index (κ1) is 13.7. The van der Waals surface area contributed by atoms with E-state index in [4.69, 9.17) is 10.5 Å². The number of carbonyl (C=O) groups is 1. The lowest BCUT2D eigenvalue weighted by atomic mass is 10.1. The van der Waals surface area contributed by atoms with Crippen molar-refractivity contribution in [1.82, 2.24) is 0 Å². The van der Waals surface area contributed by atoms with Crippen LogP contribution in [0.3, 0.4) is 0 Å². The molecule has 4 N–H and O–H groups in total. The van der Waals surface area contributed by atoms with Crippen molar-refractivity contribution in [1.29, 1.82) is 0 Å². The van der Waals surface area contributed by atoms with Gasteiger partial charge in [-0.25, -0.2) is 4.39 Å². The Labute approximate surface area is 114 Å². The summed E-state index contributed by atoms with van der Waals surface area (Å²) in [5.74, 6) is -0.857. The number of nitrogens with one attached hydrogen (secondary N) is 1. The summed E-state index contributed by atoms with van der Waals surface area (Å²) < 4.78 is 18.1. The molecule has 5 nitrogen and oxygen atoms in total. The van der Waals surface area contributed by atoms with Crippen molar-refractivity contribution < 1.29 is 19.0 Å². The van der Waals surface area contributed by atoms with Gasteiger partial charge in [0.1, 0.15) is 17.3 Å². The molecular formula is C14H13FN2O3. The molecule has 0 heterocycles. The molecule has 0 aliphatic heterocycles. The van der Waals surface area contributed by atoms with Crippen LogP contribution in [0.1, 0.15) is 10.4 Å². The zero-order chi connectivity index (χ0) is 14.7. The van der Waals surface area contributed by atoms with Crippen LogP contribution in [0.2, 0.25) is 0 Å². The van der Waals surface area contributed by atoms with E-state index in [1.54, 1.807) is 6.07 Å². The van der Waals surface area contributed by atoms with Crippen LogP contribution in [0, 0.1) is 5.82 Å². The Kier molecular flexibility index (Phi) is 3.74. The minimum atomic E-state index is -0.620. The van der Waals surface area contributed by atoms with Crippen molar-refractivity contribution in [2.75, 3.05) is 18.2 Å². The highest BCUT2D eigenvalue weighted by Gasteiger charge is 2.13. The number of phenolic OH excluding ortho intramolecular Hbond substituents is 1. The van der Waals surface area contributed by atoms with Crippen LogP contribution in [0.15, 0.2) is 36.4 Å². The quantitative estimate of drug-likeness (QED) is 0.593. The second-order valence-corrected chi connectivity index (χ2v) is 4.07. The second-order valence-electron chi connectivity index (χ2n) is 4.07. The van der Waals surface area contributed by atoms with Gasteiger partial charge in [-0.15, -0.1) is 0 Å². The van der Waals surface area contributed by atoms with E-state index in [2.05, 4.69) is 5.32 Å². The molecule has 0 atom stereocenters. The number of ether oxygens (including phenoxy) is 1. The number of aromatic hydroxyl groups is 1. The number of methoxy groups -OCH3 is 1. The summed E-state index contributed by atoms with van der Waals surface area (Å²) in [4.78, 5) is 12.0. The van der Waals surface area contributed by atoms with Crippen LogP contribution in [-0.2, 0) is 0 Å². The maximum absolute atomic E-state index is 13.1. The average molecular weight is 276 g/mol. The number of rotatable bonds is 3. The summed E-state index contributed by atoms with van der Waals surface area (Å²) in [6.45, 7) is 0. The monoisotopic (exact) mass is 276 g/mol. The molecule has 0 fully saturated rings. The van der Waals surface area contributed by atoms with E-state index in [9.17, 15) is 14.3 Å². The lowest BCUT2D eigenvalue weighted by Gasteiger charge is -2.10. The largest absolute Gasteiger partial charge is 0.506 e. The smallest absolute Gasteiger partial charge is 0.257 e. The van der Waals surface area contributed by atoms with E-state index >= 15 is 0 Å². The fraction of sp³-hybridized carbons (Fsp3) is 0.0714. The van der Waals surface area contributed by atoms with E-state index in [0.717, 1.165) is 12.1 Å². The van der Waals surface area contributed by atoms with Gasteiger partial charge in [-0.2, -0.15) is 0 Å². The molecule has 0 aromatic heterocycles. The third-order valence-corrected chi connectivity index (χ3v) is 2.71. The normalized spacial score (nSPS) is 10.1. The van der Waals surface area contributed by atoms with Crippen LogP contribution >= 0.6 is 0 Å². The number of hydrogen-bond acceptors (Lipinski definition) is 4. The van der Waals surface area contributed by atoms with Crippen molar-refractivity contribution >= 4 is 17.3 Å². The summed E-state index contributed by atoms with van der Waals surface area (Å²) >= 11 is 0. The number of phenols is 1. The molecule has 0 spiro atoms. The molecule has 20 heavy (non-hydrogen) atoms. The molecule has 2 aromatic rings. The molecule has 2 rings (SSSR count). The molecule has 104 valence electrons. The zero-order valence-corrected chi connectivity index (χ0v) is 10.7. The topological polar surface area (TPSA) is 84.6 Å². The lowest BCUT2D eigenvalue weighted by Crippen LogP contribution is -2.14. The average Bonchev–Trinajstić information content (AvgIpc) is 2.43. The molecule has 0 bridgehead atoms. The Balaban J connectivity index is 2.30. The molecular weight excluding hydrogens is 263 g/mol. The molecule has 0 saturated heterocycles. The molecule has 1 amide bonds. The standard InChI is InChI=1S/C14H13FN2O3/c1-20-9-3-5-13(18)12(7-9)17-14(19)10-6-8(15)2-4-11(10)16/h2-7,18H,16H2,1H3,(H,17,19). The summed E-state index contributed by atoms with van der Waals surface area (Å²) in [7, 11) is 1.46. The first-order chi connectivity index (χ1) is 9.51. The van der Waals surface area contributed by atoms with Gasteiger partial charge >= 0.3 is 0 Å². The lowest BCUT2D eigenvalue weighted by molar-refractivity contribution is 0.102. The van der Waals surface area contributed by atoms with E-state index in [-0.39, 0.29) is 22.7 Å². The summed E-state index contributed by atoms with van der Waals surface area (Å²) in [5.41, 5.74) is 5.91. The highest BCUT2D eigenvalue weighted by molar-refractivity contribution is 6.08. The second kappa shape index (κ2) is 5.48. The number of carbonyl (C=O) groups excluding carboxylic acids is 1. The first-order valence-electron chi connectivity index (χ1n) is 5.74. The van der Waals surface area contributed by atoms with Crippen LogP contribution in [-0.4, -0.2) is 18.1 Å². The molecule has 0 saturated carbocycles. The molecule has 6 heteroatoms. The van der Waals surface area contributed by atoms with Crippen molar-refractivity contribution in [2.24, 2.45) is 0 Å². The first-order valence-corrected chi connectivity index (χ1v) is 5.74. The Hall–Kier alpha value is -2.76. The highest BCUT2D eigenvalue weighted by atomic mass is 19.1. The maximum atomic E-state index is 13.1. The third-order valence-electron chi connectivity index (χ3n) is 2.71. The minimum Gasteiger partial charge on any atom is -0.506 e. The van der Waals surface area contributed by atoms with Crippen molar-refractivity contribution in [3.8, 4) is 11.5 Å². The maximum Gasteiger partial charge on any atom is 0.257 e. The van der Waals surface area contributed by atoms with Gasteiger partial charge in [-0.05, 0) is 30.3 Å². The fourth-order valence-electron chi connectivity index (χ4n) is 1.66. The van der Waals surface area contributed by atoms with Gasteiger partial charge in [0.25, 0.3) is 5.91 Å². The molecule has 0 radical (unpaired) electrons. The Morgan fingerprint density at radius 1 is 1.30 bits per heavy atom. The molecule has 2 aromatic carbocycles. The predicted molar refractivity (Wildman–Crippen MR) is 73.4 cm³/mol. The Bertz CT molecular complexity index is 659. The minimum absolute atomic E-state index is 0.00720. The summed E-state index contributed by atoms with van der Waals surface area (Å²) in [5, 5.41) is 12.1. The van der Waals surface area contributed by atoms with Gasteiger partial charge in [0.15, 0.2) is 0 Å². The van der Waals surface area contributed by atoms with E-state index in [1.807, 2.05) is 0 Å². The van der Waals surface area contributed by atoms with E-state index < -0.39 is 11.7 Å². The highest BCUT2D eigenvalue weighted by Crippen LogP contribution is 2.28. The van der Waals surface area contributed by atoms with E-state index in [1.165, 1.54) is 25.3 Å². The Morgan fingerprint density at radius 3 is 2.75 bits per heavy atom. The van der Waals surface area contributed by atoms with Crippen LogP contribution in [0.4, 0.5) is 15.8 Å². The number of hydrogen-bond donors (Lipinski definition) is 3. The number of amides is 1. The number of nitrogen functional groups attached to an aromatic ring is 1. The Morgan fingerprint density at radius 2 is 2.05 bits per heavy atom. The number of anilines is 2. The zero-order valence-electron chi connectivity index (χ0n) is 10.7. The van der Waals surface area contributed by atoms with Gasteiger partial charge in [0.05, 0.1) is 18.4 Å². The van der Waals surface area contributed by atoms with Gasteiger partial charge in [0, 0.05) is 11.8 Å². The van der Waals surface area contributed by atoms with Crippen LogP contribution in [0.25, 0.3) is 0 Å². The van der Waals surface area contributed by atoms with Crippen LogP contribution < -0.4 is 15.8 Å². The van der Waals surface area contributed by atoms with E-state index in [0.29, 0.717) is 5.75 Å². The number of nitrogens with two attached hydrogens (primary N) is 1. The molecule has 0 aliphatic rings.